The lowest BCUT2D eigenvalue weighted by Gasteiger charge is -2.14. The molecule has 0 aromatic heterocycles. The Morgan fingerprint density at radius 3 is 2.70 bits per heavy atom. The van der Waals surface area contributed by atoms with Crippen LogP contribution in [0.4, 0.5) is 14.5 Å². The van der Waals surface area contributed by atoms with E-state index in [0.717, 1.165) is 0 Å². The van der Waals surface area contributed by atoms with E-state index in [1.54, 1.807) is 0 Å². The number of carbonyl (C=O) groups excluding carboxylic acids is 1. The number of rotatable bonds is 8. The van der Waals surface area contributed by atoms with Gasteiger partial charge in [-0.1, -0.05) is 6.07 Å². The molecule has 0 spiro atoms. The van der Waals surface area contributed by atoms with Crippen LogP contribution in [0.5, 0.6) is 11.5 Å². The van der Waals surface area contributed by atoms with Gasteiger partial charge in [0.1, 0.15) is 11.5 Å². The molecule has 0 aliphatic carbocycles. The van der Waals surface area contributed by atoms with E-state index in [0.29, 0.717) is 13.0 Å². The van der Waals surface area contributed by atoms with Gasteiger partial charge in [0.05, 0.1) is 24.2 Å². The number of carbonyl (C=O) groups is 1. The van der Waals surface area contributed by atoms with Gasteiger partial charge >= 0.3 is 6.61 Å². The summed E-state index contributed by atoms with van der Waals surface area (Å²) in [6, 6.07) is 8.98. The second-order valence-corrected chi connectivity index (χ2v) is 8.12. The minimum absolute atomic E-state index is 0.0387. The van der Waals surface area contributed by atoms with E-state index < -0.39 is 22.5 Å². The van der Waals surface area contributed by atoms with Crippen molar-refractivity contribution in [3.63, 3.8) is 0 Å². The van der Waals surface area contributed by atoms with E-state index in [9.17, 15) is 22.0 Å². The monoisotopic (exact) mass is 442 g/mol. The van der Waals surface area contributed by atoms with E-state index in [-0.39, 0.29) is 40.3 Å². The third-order valence-corrected chi connectivity index (χ3v) is 5.81. The third kappa shape index (κ3) is 5.43. The summed E-state index contributed by atoms with van der Waals surface area (Å²) >= 11 is 0. The van der Waals surface area contributed by atoms with Gasteiger partial charge in [-0.15, -0.1) is 0 Å². The highest BCUT2D eigenvalue weighted by molar-refractivity contribution is 7.89. The van der Waals surface area contributed by atoms with Crippen LogP contribution in [0.15, 0.2) is 47.4 Å². The number of benzene rings is 2. The number of nitrogens with one attached hydrogen (secondary N) is 2. The van der Waals surface area contributed by atoms with E-state index in [2.05, 4.69) is 14.8 Å². The molecule has 1 saturated heterocycles. The highest BCUT2D eigenvalue weighted by atomic mass is 32.2. The molecule has 1 aliphatic rings. The van der Waals surface area contributed by atoms with Gasteiger partial charge in [-0.25, -0.2) is 13.1 Å². The van der Waals surface area contributed by atoms with Crippen molar-refractivity contribution in [1.29, 1.82) is 0 Å². The van der Waals surface area contributed by atoms with Gasteiger partial charge in [0.2, 0.25) is 10.0 Å². The average molecular weight is 442 g/mol. The molecular formula is C19H20F2N2O6S. The van der Waals surface area contributed by atoms with E-state index in [4.69, 9.17) is 9.47 Å². The molecule has 2 N–H and O–H groups in total. The summed E-state index contributed by atoms with van der Waals surface area (Å²) in [4.78, 5) is 12.6. The van der Waals surface area contributed by atoms with Gasteiger partial charge in [-0.3, -0.25) is 4.79 Å². The summed E-state index contributed by atoms with van der Waals surface area (Å²) in [6.07, 6.45) is 0.555. The Morgan fingerprint density at radius 1 is 1.23 bits per heavy atom. The van der Waals surface area contributed by atoms with Crippen LogP contribution in [0.1, 0.15) is 16.8 Å². The lowest BCUT2D eigenvalue weighted by Crippen LogP contribution is -2.35. The van der Waals surface area contributed by atoms with Crippen molar-refractivity contribution in [1.82, 2.24) is 4.72 Å². The normalized spacial score (nSPS) is 16.5. The van der Waals surface area contributed by atoms with Crippen molar-refractivity contribution in [3.05, 3.63) is 48.0 Å². The van der Waals surface area contributed by atoms with Crippen LogP contribution in [-0.4, -0.2) is 47.3 Å². The number of amides is 1. The lowest BCUT2D eigenvalue weighted by molar-refractivity contribution is -0.0498. The summed E-state index contributed by atoms with van der Waals surface area (Å²) in [5.41, 5.74) is 0.151. The molecule has 1 atom stereocenters. The molecule has 0 radical (unpaired) electrons. The van der Waals surface area contributed by atoms with Gasteiger partial charge in [0.15, 0.2) is 0 Å². The van der Waals surface area contributed by atoms with Crippen molar-refractivity contribution < 1.29 is 36.2 Å². The summed E-state index contributed by atoms with van der Waals surface area (Å²) in [5, 5.41) is 2.52. The molecule has 0 saturated carbocycles. The smallest absolute Gasteiger partial charge is 0.387 e. The number of methoxy groups -OCH3 is 1. The van der Waals surface area contributed by atoms with Crippen LogP contribution in [0.3, 0.4) is 0 Å². The molecule has 162 valence electrons. The fourth-order valence-corrected chi connectivity index (χ4v) is 4.18. The van der Waals surface area contributed by atoms with Crippen molar-refractivity contribution in [2.24, 2.45) is 0 Å². The second-order valence-electron chi connectivity index (χ2n) is 6.40. The number of alkyl halides is 2. The zero-order chi connectivity index (χ0) is 21.7. The van der Waals surface area contributed by atoms with Crippen molar-refractivity contribution >= 4 is 21.6 Å². The van der Waals surface area contributed by atoms with Crippen molar-refractivity contribution in [2.75, 3.05) is 25.6 Å². The Kier molecular flexibility index (Phi) is 6.85. The fourth-order valence-electron chi connectivity index (χ4n) is 2.90. The van der Waals surface area contributed by atoms with Gasteiger partial charge in [0, 0.05) is 24.4 Å². The maximum Gasteiger partial charge on any atom is 0.387 e. The molecule has 1 heterocycles. The van der Waals surface area contributed by atoms with Crippen LogP contribution in [0, 0.1) is 0 Å². The number of anilines is 1. The van der Waals surface area contributed by atoms with Gasteiger partial charge in [0.25, 0.3) is 5.91 Å². The molecule has 0 bridgehead atoms. The second kappa shape index (κ2) is 9.37. The zero-order valence-electron chi connectivity index (χ0n) is 15.9. The average Bonchev–Trinajstić information content (AvgIpc) is 3.19. The van der Waals surface area contributed by atoms with E-state index in [1.807, 2.05) is 0 Å². The van der Waals surface area contributed by atoms with Crippen LogP contribution < -0.4 is 19.5 Å². The van der Waals surface area contributed by atoms with Crippen molar-refractivity contribution in [3.8, 4) is 11.5 Å². The SMILES string of the molecule is COc1ccc(S(=O)(=O)NC2CCOC2)cc1C(=O)Nc1cccc(OC(F)F)c1. The molecule has 2 aromatic carbocycles. The zero-order valence-corrected chi connectivity index (χ0v) is 16.7. The summed E-state index contributed by atoms with van der Waals surface area (Å²) in [5.74, 6) is -0.660. The first-order valence-electron chi connectivity index (χ1n) is 8.93. The number of halogens is 2. The van der Waals surface area contributed by atoms with E-state index in [1.165, 1.54) is 49.6 Å². The highest BCUT2D eigenvalue weighted by Crippen LogP contribution is 2.25. The quantitative estimate of drug-likeness (QED) is 0.652. The fraction of sp³-hybridized carbons (Fsp3) is 0.316. The standard InChI is InChI=1S/C19H20F2N2O6S/c1-27-17-6-5-15(30(25,26)23-13-7-8-28-11-13)10-16(17)18(24)22-12-3-2-4-14(9-12)29-19(20)21/h2-6,9-10,13,19,23H,7-8,11H2,1H3,(H,22,24). The number of sulfonamides is 1. The number of hydrogen-bond acceptors (Lipinski definition) is 6. The molecule has 1 fully saturated rings. The van der Waals surface area contributed by atoms with Gasteiger partial charge < -0.3 is 19.5 Å². The molecule has 1 unspecified atom stereocenters. The molecule has 30 heavy (non-hydrogen) atoms. The minimum Gasteiger partial charge on any atom is -0.496 e. The lowest BCUT2D eigenvalue weighted by atomic mass is 10.2. The van der Waals surface area contributed by atoms with Crippen LogP contribution in [0.2, 0.25) is 0 Å². The largest absolute Gasteiger partial charge is 0.496 e. The predicted octanol–water partition coefficient (Wildman–Crippen LogP) is 2.62. The summed E-state index contributed by atoms with van der Waals surface area (Å²) in [7, 11) is -2.55. The Labute approximate surface area is 172 Å². The molecule has 11 heteroatoms. The molecule has 8 nitrogen and oxygen atoms in total. The Bertz CT molecular complexity index is 1010. The molecular weight excluding hydrogens is 422 g/mol. The maximum atomic E-state index is 12.7. The summed E-state index contributed by atoms with van der Waals surface area (Å²) < 4.78 is 67.2. The molecule has 1 amide bonds. The number of hydrogen-bond donors (Lipinski definition) is 2. The predicted molar refractivity (Wildman–Crippen MR) is 104 cm³/mol. The Morgan fingerprint density at radius 2 is 2.03 bits per heavy atom. The van der Waals surface area contributed by atoms with E-state index >= 15 is 0 Å². The topological polar surface area (TPSA) is 103 Å². The molecule has 1 aliphatic heterocycles. The first-order chi connectivity index (χ1) is 14.3. The van der Waals surface area contributed by atoms with Crippen molar-refractivity contribution in [2.45, 2.75) is 24.0 Å². The Hall–Kier alpha value is -2.76. The Balaban J connectivity index is 1.83. The molecule has 3 rings (SSSR count). The first kappa shape index (κ1) is 21.9. The summed E-state index contributed by atoms with van der Waals surface area (Å²) in [6.45, 7) is -2.26. The van der Waals surface area contributed by atoms with Crippen LogP contribution >= 0.6 is 0 Å². The minimum atomic E-state index is -3.89. The highest BCUT2D eigenvalue weighted by Gasteiger charge is 2.25. The van der Waals surface area contributed by atoms with Crippen LogP contribution in [0.25, 0.3) is 0 Å². The van der Waals surface area contributed by atoms with Gasteiger partial charge in [-0.05, 0) is 36.8 Å². The maximum absolute atomic E-state index is 12.7. The molecule has 2 aromatic rings. The number of ether oxygens (including phenoxy) is 3. The van der Waals surface area contributed by atoms with Crippen LogP contribution in [-0.2, 0) is 14.8 Å². The third-order valence-electron chi connectivity index (χ3n) is 4.29. The first-order valence-corrected chi connectivity index (χ1v) is 10.4. The van der Waals surface area contributed by atoms with Gasteiger partial charge in [-0.2, -0.15) is 8.78 Å².